The third-order valence-electron chi connectivity index (χ3n) is 5.86. The van der Waals surface area contributed by atoms with Gasteiger partial charge in [0.05, 0.1) is 41.0 Å². The molecule has 186 valence electrons. The first-order chi connectivity index (χ1) is 17.3. The second-order valence-corrected chi connectivity index (χ2v) is 9.29. The Hall–Kier alpha value is -3.82. The first-order valence-electron chi connectivity index (χ1n) is 11.4. The van der Waals surface area contributed by atoms with E-state index in [0.717, 1.165) is 18.2 Å². The van der Waals surface area contributed by atoms with Crippen LogP contribution in [0.1, 0.15) is 24.3 Å². The number of aryl methyl sites for hydroxylation is 1. The number of fused-ring (bicyclic) bond motifs is 1. The Bertz CT molecular complexity index is 1430. The summed E-state index contributed by atoms with van der Waals surface area (Å²) in [5.41, 5.74) is 7.59. The molecule has 2 aromatic heterocycles. The van der Waals surface area contributed by atoms with Crippen LogP contribution in [-0.4, -0.2) is 35.3 Å². The van der Waals surface area contributed by atoms with Crippen molar-refractivity contribution in [1.29, 1.82) is 0 Å². The molecular weight excluding hydrogens is 484 g/mol. The maximum absolute atomic E-state index is 12.3. The van der Waals surface area contributed by atoms with Gasteiger partial charge in [0, 0.05) is 29.8 Å². The van der Waals surface area contributed by atoms with Crippen LogP contribution >= 0.6 is 11.6 Å². The molecule has 0 aliphatic heterocycles. The molecule has 1 aliphatic rings. The molecule has 9 nitrogen and oxygen atoms in total. The summed E-state index contributed by atoms with van der Waals surface area (Å²) in [5.74, 6) is 2.58. The van der Waals surface area contributed by atoms with Crippen LogP contribution in [0.3, 0.4) is 0 Å². The highest BCUT2D eigenvalue weighted by atomic mass is 35.5. The first kappa shape index (κ1) is 23.9. The van der Waals surface area contributed by atoms with Crippen LogP contribution in [0.4, 0.5) is 5.69 Å². The zero-order valence-corrected chi connectivity index (χ0v) is 20.6. The highest BCUT2D eigenvalue weighted by Crippen LogP contribution is 2.39. The number of methoxy groups -OCH3 is 1. The van der Waals surface area contributed by atoms with E-state index in [4.69, 9.17) is 36.1 Å². The summed E-state index contributed by atoms with van der Waals surface area (Å²) in [5, 5.41) is 7.69. The van der Waals surface area contributed by atoms with Crippen molar-refractivity contribution >= 4 is 34.1 Å². The van der Waals surface area contributed by atoms with Crippen LogP contribution in [0, 0.1) is 6.92 Å². The van der Waals surface area contributed by atoms with Crippen LogP contribution in [0.25, 0.3) is 10.9 Å². The van der Waals surface area contributed by atoms with Crippen LogP contribution < -0.4 is 25.3 Å². The Morgan fingerprint density at radius 1 is 1.17 bits per heavy atom. The van der Waals surface area contributed by atoms with Crippen molar-refractivity contribution in [1.82, 2.24) is 10.1 Å². The lowest BCUT2D eigenvalue weighted by Crippen LogP contribution is -2.29. The molecule has 2 heterocycles. The fourth-order valence-corrected chi connectivity index (χ4v) is 3.88. The minimum Gasteiger partial charge on any atom is -0.493 e. The van der Waals surface area contributed by atoms with Gasteiger partial charge in [-0.3, -0.25) is 9.78 Å². The number of benzene rings is 2. The van der Waals surface area contributed by atoms with Crippen molar-refractivity contribution in [3.05, 3.63) is 65.1 Å². The van der Waals surface area contributed by atoms with Gasteiger partial charge in [-0.15, -0.1) is 0 Å². The summed E-state index contributed by atoms with van der Waals surface area (Å²) in [7, 11) is 1.58. The van der Waals surface area contributed by atoms with Crippen molar-refractivity contribution in [3.63, 3.8) is 0 Å². The van der Waals surface area contributed by atoms with Crippen LogP contribution in [0.15, 0.2) is 53.2 Å². The lowest BCUT2D eigenvalue weighted by atomic mass is 10.1. The predicted molar refractivity (Wildman–Crippen MR) is 135 cm³/mol. The van der Waals surface area contributed by atoms with Crippen LogP contribution in [-0.2, 0) is 11.2 Å². The highest BCUT2D eigenvalue weighted by molar-refractivity contribution is 6.33. The number of aromatic nitrogens is 2. The molecule has 0 bridgehead atoms. The number of nitrogens with two attached hydrogens (primary N) is 1. The largest absolute Gasteiger partial charge is 0.493 e. The van der Waals surface area contributed by atoms with E-state index in [1.165, 1.54) is 0 Å². The Morgan fingerprint density at radius 2 is 2.00 bits per heavy atom. The van der Waals surface area contributed by atoms with E-state index in [-0.39, 0.29) is 17.9 Å². The van der Waals surface area contributed by atoms with Gasteiger partial charge in [0.1, 0.15) is 23.9 Å². The Morgan fingerprint density at radius 3 is 2.69 bits per heavy atom. The molecule has 4 aromatic rings. The summed E-state index contributed by atoms with van der Waals surface area (Å²) in [6, 6.07) is 12.1. The smallest absolute Gasteiger partial charge is 0.230 e. The second-order valence-electron chi connectivity index (χ2n) is 8.88. The number of carbonyl (C=O) groups excluding carboxylic acids is 1. The quantitative estimate of drug-likeness (QED) is 0.322. The van der Waals surface area contributed by atoms with Crippen molar-refractivity contribution in [2.75, 3.05) is 19.0 Å². The zero-order valence-electron chi connectivity index (χ0n) is 19.8. The van der Waals surface area contributed by atoms with Gasteiger partial charge in [0.2, 0.25) is 5.91 Å². The lowest BCUT2D eigenvalue weighted by molar-refractivity contribution is -0.115. The predicted octanol–water partition coefficient (Wildman–Crippen LogP) is 5.04. The topological polar surface area (TPSA) is 122 Å². The van der Waals surface area contributed by atoms with Gasteiger partial charge >= 0.3 is 0 Å². The van der Waals surface area contributed by atoms with Gasteiger partial charge in [-0.1, -0.05) is 16.8 Å². The first-order valence-corrected chi connectivity index (χ1v) is 11.8. The number of hydrogen-bond acceptors (Lipinski definition) is 8. The van der Waals surface area contributed by atoms with E-state index in [2.05, 4.69) is 15.5 Å². The van der Waals surface area contributed by atoms with Crippen molar-refractivity contribution < 1.29 is 23.5 Å². The third kappa shape index (κ3) is 5.37. The number of amides is 1. The molecule has 0 atom stereocenters. The number of pyridine rings is 1. The maximum atomic E-state index is 12.3. The van der Waals surface area contributed by atoms with Crippen molar-refractivity contribution in [3.8, 4) is 23.0 Å². The summed E-state index contributed by atoms with van der Waals surface area (Å²) < 4.78 is 22.6. The molecule has 0 spiro atoms. The average molecular weight is 509 g/mol. The Balaban J connectivity index is 1.32. The van der Waals surface area contributed by atoms with Gasteiger partial charge in [0.15, 0.2) is 11.5 Å². The molecule has 5 rings (SSSR count). The second kappa shape index (κ2) is 9.67. The van der Waals surface area contributed by atoms with Crippen molar-refractivity contribution in [2.24, 2.45) is 5.73 Å². The number of nitrogens with zero attached hydrogens (tertiary/aromatic N) is 2. The minimum absolute atomic E-state index is 0.0781. The van der Waals surface area contributed by atoms with E-state index < -0.39 is 0 Å². The summed E-state index contributed by atoms with van der Waals surface area (Å²) in [6.45, 7) is 2.19. The Kier molecular flexibility index (Phi) is 6.42. The van der Waals surface area contributed by atoms with Gasteiger partial charge < -0.3 is 29.8 Å². The van der Waals surface area contributed by atoms with Crippen molar-refractivity contribution in [2.45, 2.75) is 31.7 Å². The van der Waals surface area contributed by atoms with E-state index in [9.17, 15) is 4.79 Å². The number of halogens is 1. The molecular formula is C26H25ClN4O5. The highest BCUT2D eigenvalue weighted by Gasteiger charge is 2.39. The SMILES string of the molecule is COc1cc2c(Oc3ccc(NC(=O)Cc4cc(C)on4)c(Cl)c3)ccnc2cc1OCC1(N)CC1. The maximum Gasteiger partial charge on any atom is 0.230 e. The number of hydrogen-bond donors (Lipinski definition) is 2. The number of nitrogens with one attached hydrogen (secondary N) is 1. The van der Waals surface area contributed by atoms with Crippen LogP contribution in [0.5, 0.6) is 23.0 Å². The van der Waals surface area contributed by atoms with Gasteiger partial charge in [-0.05, 0) is 44.0 Å². The van der Waals surface area contributed by atoms with E-state index in [1.807, 2.05) is 12.1 Å². The van der Waals surface area contributed by atoms with Gasteiger partial charge in [-0.2, -0.15) is 0 Å². The summed E-state index contributed by atoms with van der Waals surface area (Å²) in [4.78, 5) is 16.8. The normalized spacial score (nSPS) is 13.9. The molecule has 36 heavy (non-hydrogen) atoms. The molecule has 1 amide bonds. The van der Waals surface area contributed by atoms with Crippen LogP contribution in [0.2, 0.25) is 5.02 Å². The zero-order chi connectivity index (χ0) is 25.3. The summed E-state index contributed by atoms with van der Waals surface area (Å²) in [6.07, 6.45) is 3.63. The Labute approximate surface area is 212 Å². The number of ether oxygens (including phenoxy) is 3. The monoisotopic (exact) mass is 508 g/mol. The molecule has 3 N–H and O–H groups in total. The molecule has 1 aliphatic carbocycles. The van der Waals surface area contributed by atoms with Gasteiger partial charge in [-0.25, -0.2) is 0 Å². The molecule has 0 unspecified atom stereocenters. The molecule has 0 saturated heterocycles. The third-order valence-corrected chi connectivity index (χ3v) is 6.17. The molecule has 10 heteroatoms. The number of carbonyl (C=O) groups is 1. The molecule has 0 radical (unpaired) electrons. The number of rotatable bonds is 9. The van der Waals surface area contributed by atoms with E-state index in [1.54, 1.807) is 50.6 Å². The molecule has 2 aromatic carbocycles. The fourth-order valence-electron chi connectivity index (χ4n) is 3.66. The minimum atomic E-state index is -0.258. The summed E-state index contributed by atoms with van der Waals surface area (Å²) >= 11 is 6.42. The molecule has 1 fully saturated rings. The van der Waals surface area contributed by atoms with E-state index in [0.29, 0.717) is 57.3 Å². The number of anilines is 1. The van der Waals surface area contributed by atoms with E-state index >= 15 is 0 Å². The standard InChI is InChI=1S/C26H25ClN4O5/c1-15-9-16(31-36-15)10-25(32)30-20-4-3-17(11-19(20)27)35-22-5-8-29-21-13-24(23(33-2)12-18(21)22)34-14-26(28)6-7-26/h3-5,8-9,11-13H,6-7,10,14,28H2,1-2H3,(H,30,32). The lowest BCUT2D eigenvalue weighted by Gasteiger charge is -2.16. The van der Waals surface area contributed by atoms with Gasteiger partial charge in [0.25, 0.3) is 0 Å². The average Bonchev–Trinajstić information content (AvgIpc) is 3.46. The molecule has 1 saturated carbocycles. The fraction of sp³-hybridized carbons (Fsp3) is 0.269.